The summed E-state index contributed by atoms with van der Waals surface area (Å²) in [6.07, 6.45) is 0. The zero-order valence-corrected chi connectivity index (χ0v) is 18.7. The van der Waals surface area contributed by atoms with Gasteiger partial charge in [0.25, 0.3) is 5.91 Å². The van der Waals surface area contributed by atoms with Crippen LogP contribution in [-0.2, 0) is 20.2 Å². The number of hydrogen-bond donors (Lipinski definition) is 3. The fourth-order valence-electron chi connectivity index (χ4n) is 2.95. The number of hydrogen-bond acceptors (Lipinski definition) is 5. The fraction of sp³-hybridized carbons (Fsp3) is 0.500. The zero-order valence-electron chi connectivity index (χ0n) is 17.8. The second kappa shape index (κ2) is 8.96. The molecule has 0 unspecified atom stereocenters. The third-order valence-electron chi connectivity index (χ3n) is 4.37. The highest BCUT2D eigenvalue weighted by Crippen LogP contribution is 2.32. The Kier molecular flexibility index (Phi) is 7.07. The molecule has 1 heterocycles. The van der Waals surface area contributed by atoms with E-state index in [2.05, 4.69) is 47.1 Å². The number of aryl methyl sites for hydroxylation is 3. The first-order valence-corrected chi connectivity index (χ1v) is 10.9. The molecule has 8 nitrogen and oxygen atoms in total. The standard InChI is InChI=1S/C20H30N4O4S/c1-13-7-8-17(16(11-13)20(4,5)6)28-12-18(25)21-9-10-22-29(26,27)19-14(2)23-24-15(19)3/h7-8,11,22H,9-10,12H2,1-6H3,(H,21,25)(H,23,24). The number of amides is 1. The van der Waals surface area contributed by atoms with Crippen molar-refractivity contribution in [3.8, 4) is 5.75 Å². The van der Waals surface area contributed by atoms with Crippen molar-refractivity contribution in [3.63, 3.8) is 0 Å². The molecule has 0 aliphatic heterocycles. The number of rotatable bonds is 8. The van der Waals surface area contributed by atoms with Crippen molar-refractivity contribution >= 4 is 15.9 Å². The number of carbonyl (C=O) groups is 1. The normalized spacial score (nSPS) is 12.1. The summed E-state index contributed by atoms with van der Waals surface area (Å²) >= 11 is 0. The summed E-state index contributed by atoms with van der Waals surface area (Å²) in [5.41, 5.74) is 2.92. The molecule has 0 saturated carbocycles. The summed E-state index contributed by atoms with van der Waals surface area (Å²) in [5, 5.41) is 9.19. The molecule has 2 rings (SSSR count). The van der Waals surface area contributed by atoms with Gasteiger partial charge < -0.3 is 10.1 Å². The smallest absolute Gasteiger partial charge is 0.257 e. The Morgan fingerprint density at radius 1 is 1.17 bits per heavy atom. The second-order valence-corrected chi connectivity index (χ2v) is 9.75. The molecule has 0 aliphatic rings. The van der Waals surface area contributed by atoms with Gasteiger partial charge in [0.1, 0.15) is 10.6 Å². The minimum Gasteiger partial charge on any atom is -0.483 e. The van der Waals surface area contributed by atoms with Gasteiger partial charge in [0.05, 0.1) is 11.4 Å². The SMILES string of the molecule is Cc1ccc(OCC(=O)NCCNS(=O)(=O)c2c(C)n[nH]c2C)c(C(C)(C)C)c1. The maximum absolute atomic E-state index is 12.3. The van der Waals surface area contributed by atoms with Crippen LogP contribution < -0.4 is 14.8 Å². The van der Waals surface area contributed by atoms with Crippen molar-refractivity contribution in [1.82, 2.24) is 20.2 Å². The number of aromatic amines is 1. The predicted octanol–water partition coefficient (Wildman–Crippen LogP) is 2.11. The van der Waals surface area contributed by atoms with Crippen LogP contribution >= 0.6 is 0 Å². The van der Waals surface area contributed by atoms with E-state index in [4.69, 9.17) is 4.74 Å². The Morgan fingerprint density at radius 2 is 1.86 bits per heavy atom. The van der Waals surface area contributed by atoms with Gasteiger partial charge in [-0.3, -0.25) is 9.89 Å². The van der Waals surface area contributed by atoms with Crippen LogP contribution in [0.5, 0.6) is 5.75 Å². The zero-order chi connectivity index (χ0) is 21.8. The third-order valence-corrected chi connectivity index (χ3v) is 6.09. The van der Waals surface area contributed by atoms with Crippen LogP contribution in [0.2, 0.25) is 0 Å². The summed E-state index contributed by atoms with van der Waals surface area (Å²) in [6.45, 7) is 11.6. The maximum atomic E-state index is 12.3. The van der Waals surface area contributed by atoms with Crippen molar-refractivity contribution in [2.45, 2.75) is 51.9 Å². The molecule has 0 fully saturated rings. The van der Waals surface area contributed by atoms with Crippen molar-refractivity contribution in [2.75, 3.05) is 19.7 Å². The molecule has 9 heteroatoms. The monoisotopic (exact) mass is 422 g/mol. The third kappa shape index (κ3) is 6.04. The van der Waals surface area contributed by atoms with E-state index in [1.165, 1.54) is 0 Å². The van der Waals surface area contributed by atoms with E-state index in [1.54, 1.807) is 13.8 Å². The molecule has 160 valence electrons. The fourth-order valence-corrected chi connectivity index (χ4v) is 4.34. The van der Waals surface area contributed by atoms with Crippen LogP contribution in [-0.4, -0.2) is 44.2 Å². The van der Waals surface area contributed by atoms with Gasteiger partial charge in [-0.1, -0.05) is 38.5 Å². The predicted molar refractivity (Wildman–Crippen MR) is 112 cm³/mol. The molecule has 0 atom stereocenters. The number of nitrogens with zero attached hydrogens (tertiary/aromatic N) is 1. The Balaban J connectivity index is 1.84. The first kappa shape index (κ1) is 22.9. The summed E-state index contributed by atoms with van der Waals surface area (Å²) < 4.78 is 32.9. The number of aromatic nitrogens is 2. The van der Waals surface area contributed by atoms with Crippen LogP contribution in [0.25, 0.3) is 0 Å². The quantitative estimate of drug-likeness (QED) is 0.564. The number of sulfonamides is 1. The van der Waals surface area contributed by atoms with Gasteiger partial charge in [0.2, 0.25) is 10.0 Å². The lowest BCUT2D eigenvalue weighted by Gasteiger charge is -2.23. The number of H-pyrrole nitrogens is 1. The minimum atomic E-state index is -3.68. The molecule has 0 aliphatic carbocycles. The summed E-state index contributed by atoms with van der Waals surface area (Å²) in [5.74, 6) is 0.352. The van der Waals surface area contributed by atoms with E-state index < -0.39 is 10.0 Å². The van der Waals surface area contributed by atoms with Gasteiger partial charge in [-0.15, -0.1) is 0 Å². The molecular formula is C20H30N4O4S. The van der Waals surface area contributed by atoms with Crippen LogP contribution in [0.3, 0.4) is 0 Å². The van der Waals surface area contributed by atoms with E-state index in [1.807, 2.05) is 19.1 Å². The van der Waals surface area contributed by atoms with Crippen molar-refractivity contribution in [1.29, 1.82) is 0 Å². The second-order valence-electron chi connectivity index (χ2n) is 8.05. The van der Waals surface area contributed by atoms with E-state index in [0.717, 1.165) is 11.1 Å². The van der Waals surface area contributed by atoms with E-state index in [-0.39, 0.29) is 35.9 Å². The van der Waals surface area contributed by atoms with Crippen molar-refractivity contribution < 1.29 is 17.9 Å². The topological polar surface area (TPSA) is 113 Å². The molecule has 2 aromatic rings. The largest absolute Gasteiger partial charge is 0.483 e. The number of ether oxygens (including phenoxy) is 1. The maximum Gasteiger partial charge on any atom is 0.257 e. The van der Waals surface area contributed by atoms with Gasteiger partial charge in [-0.2, -0.15) is 5.10 Å². The van der Waals surface area contributed by atoms with Gasteiger partial charge in [-0.25, -0.2) is 13.1 Å². The number of benzene rings is 1. The molecule has 0 spiro atoms. The van der Waals surface area contributed by atoms with E-state index >= 15 is 0 Å². The van der Waals surface area contributed by atoms with E-state index in [9.17, 15) is 13.2 Å². The molecule has 29 heavy (non-hydrogen) atoms. The van der Waals surface area contributed by atoms with Crippen LogP contribution in [0.1, 0.15) is 43.3 Å². The molecule has 1 aromatic heterocycles. The summed E-state index contributed by atoms with van der Waals surface area (Å²) in [7, 11) is -3.68. The lowest BCUT2D eigenvalue weighted by atomic mass is 9.85. The average molecular weight is 423 g/mol. The Morgan fingerprint density at radius 3 is 2.45 bits per heavy atom. The van der Waals surface area contributed by atoms with Crippen LogP contribution in [0.4, 0.5) is 0 Å². The molecule has 0 saturated heterocycles. The Bertz CT molecular complexity index is 955. The highest BCUT2D eigenvalue weighted by molar-refractivity contribution is 7.89. The molecule has 0 bridgehead atoms. The Labute approximate surface area is 172 Å². The first-order valence-electron chi connectivity index (χ1n) is 9.43. The highest BCUT2D eigenvalue weighted by Gasteiger charge is 2.22. The summed E-state index contributed by atoms with van der Waals surface area (Å²) in [6, 6.07) is 5.87. The van der Waals surface area contributed by atoms with Crippen LogP contribution in [0, 0.1) is 20.8 Å². The minimum absolute atomic E-state index is 0.0654. The molecular weight excluding hydrogens is 392 g/mol. The lowest BCUT2D eigenvalue weighted by molar-refractivity contribution is -0.123. The van der Waals surface area contributed by atoms with Gasteiger partial charge in [0, 0.05) is 13.1 Å². The molecule has 1 aromatic carbocycles. The molecule has 0 radical (unpaired) electrons. The van der Waals surface area contributed by atoms with Crippen molar-refractivity contribution in [3.05, 3.63) is 40.7 Å². The van der Waals surface area contributed by atoms with Crippen LogP contribution in [0.15, 0.2) is 23.1 Å². The number of carbonyl (C=O) groups excluding carboxylic acids is 1. The van der Waals surface area contributed by atoms with Gasteiger partial charge >= 0.3 is 0 Å². The van der Waals surface area contributed by atoms with Crippen molar-refractivity contribution in [2.24, 2.45) is 0 Å². The summed E-state index contributed by atoms with van der Waals surface area (Å²) in [4.78, 5) is 12.2. The lowest BCUT2D eigenvalue weighted by Crippen LogP contribution is -2.37. The Hall–Kier alpha value is -2.39. The van der Waals surface area contributed by atoms with Gasteiger partial charge in [0.15, 0.2) is 6.61 Å². The first-order chi connectivity index (χ1) is 13.4. The highest BCUT2D eigenvalue weighted by atomic mass is 32.2. The average Bonchev–Trinajstić information content (AvgIpc) is 2.96. The molecule has 3 N–H and O–H groups in total. The molecule has 1 amide bonds. The van der Waals surface area contributed by atoms with Gasteiger partial charge in [-0.05, 0) is 37.8 Å². The number of nitrogens with one attached hydrogen (secondary N) is 3. The van der Waals surface area contributed by atoms with E-state index in [0.29, 0.717) is 17.1 Å².